The zero-order valence-corrected chi connectivity index (χ0v) is 24.0. The van der Waals surface area contributed by atoms with E-state index in [4.69, 9.17) is 0 Å². The molecular formula is C27H39F3N4O4S. The molecule has 0 atom stereocenters. The highest BCUT2D eigenvalue weighted by molar-refractivity contribution is 7.89. The number of nitrogens with one attached hydrogen (secondary N) is 1. The van der Waals surface area contributed by atoms with E-state index in [0.717, 1.165) is 22.4 Å². The molecule has 1 spiro atoms. The minimum absolute atomic E-state index is 0.0569. The van der Waals surface area contributed by atoms with Crippen LogP contribution >= 0.6 is 0 Å². The maximum absolute atomic E-state index is 13.2. The van der Waals surface area contributed by atoms with Crippen molar-refractivity contribution in [2.75, 3.05) is 30.8 Å². The van der Waals surface area contributed by atoms with Crippen LogP contribution in [0.25, 0.3) is 0 Å². The van der Waals surface area contributed by atoms with Gasteiger partial charge in [0.25, 0.3) is 5.91 Å². The molecule has 0 aromatic heterocycles. The quantitative estimate of drug-likeness (QED) is 0.397. The molecule has 3 rings (SSSR count). The average molecular weight is 573 g/mol. The number of nitrogens with zero attached hydrogens (tertiary/aromatic N) is 3. The zero-order chi connectivity index (χ0) is 29.0. The van der Waals surface area contributed by atoms with Gasteiger partial charge in [0.1, 0.15) is 11.4 Å². The summed E-state index contributed by atoms with van der Waals surface area (Å²) in [5, 5.41) is 2.80. The number of amides is 2. The molecule has 1 N–H and O–H groups in total. The summed E-state index contributed by atoms with van der Waals surface area (Å²) in [6, 6.07) is 3.77. The van der Waals surface area contributed by atoms with Gasteiger partial charge in [0, 0.05) is 45.6 Å². The number of benzene rings is 1. The first-order valence-corrected chi connectivity index (χ1v) is 15.0. The molecule has 0 saturated carbocycles. The lowest BCUT2D eigenvalue weighted by atomic mass is 9.89. The second kappa shape index (κ2) is 12.4. The number of hydrogen-bond donors (Lipinski definition) is 1. The van der Waals surface area contributed by atoms with Gasteiger partial charge in [-0.25, -0.2) is 12.7 Å². The monoisotopic (exact) mass is 572 g/mol. The third kappa shape index (κ3) is 8.03. The zero-order valence-electron chi connectivity index (χ0n) is 23.2. The first-order valence-electron chi connectivity index (χ1n) is 13.4. The average Bonchev–Trinajstić information content (AvgIpc) is 3.13. The van der Waals surface area contributed by atoms with E-state index >= 15 is 0 Å². The van der Waals surface area contributed by atoms with Crippen LogP contribution in [0.3, 0.4) is 0 Å². The Morgan fingerprint density at radius 2 is 1.67 bits per heavy atom. The molecule has 0 bridgehead atoms. The van der Waals surface area contributed by atoms with E-state index in [-0.39, 0.29) is 49.9 Å². The molecule has 1 saturated heterocycles. The number of piperidine rings is 1. The summed E-state index contributed by atoms with van der Waals surface area (Å²) in [7, 11) is -1.86. The Hall–Kier alpha value is -2.47. The summed E-state index contributed by atoms with van der Waals surface area (Å²) in [4.78, 5) is 30.6. The van der Waals surface area contributed by atoms with Crippen molar-refractivity contribution in [3.05, 3.63) is 28.8 Å². The molecule has 2 heterocycles. The number of aryl methyl sites for hydroxylation is 2. The highest BCUT2D eigenvalue weighted by Crippen LogP contribution is 2.32. The fourth-order valence-electron chi connectivity index (χ4n) is 5.25. The Morgan fingerprint density at radius 3 is 2.23 bits per heavy atom. The van der Waals surface area contributed by atoms with E-state index in [1.807, 2.05) is 26.0 Å². The number of sulfonamides is 1. The van der Waals surface area contributed by atoms with Crippen LogP contribution < -0.4 is 10.2 Å². The van der Waals surface area contributed by atoms with Gasteiger partial charge in [0.15, 0.2) is 0 Å². The summed E-state index contributed by atoms with van der Waals surface area (Å²) in [6.07, 6.45) is -1.67. The molecule has 0 aliphatic carbocycles. The number of carbonyl (C=O) groups excluding carboxylic acids is 2. The second-order valence-corrected chi connectivity index (χ2v) is 12.8. The Bertz CT molecular complexity index is 1180. The fourth-order valence-corrected chi connectivity index (χ4v) is 6.71. The number of alkyl halides is 3. The van der Waals surface area contributed by atoms with Gasteiger partial charge in [-0.05, 0) is 74.8 Å². The minimum atomic E-state index is -4.13. The van der Waals surface area contributed by atoms with Gasteiger partial charge >= 0.3 is 6.18 Å². The summed E-state index contributed by atoms with van der Waals surface area (Å²) >= 11 is 0. The molecular weight excluding hydrogens is 533 g/mol. The molecule has 2 amide bonds. The molecule has 218 valence electrons. The van der Waals surface area contributed by atoms with Gasteiger partial charge in [-0.3, -0.25) is 14.6 Å². The van der Waals surface area contributed by atoms with Crippen LogP contribution in [0.5, 0.6) is 0 Å². The summed E-state index contributed by atoms with van der Waals surface area (Å²) < 4.78 is 64.5. The fraction of sp³-hybridized carbons (Fsp3) is 0.667. The third-order valence-corrected chi connectivity index (χ3v) is 9.62. The van der Waals surface area contributed by atoms with E-state index in [1.165, 1.54) is 11.2 Å². The number of aliphatic imine (C=N–C) groups is 1. The SMILES string of the molecule is CC(=O)N(C)c1cc(C)c(CCS(=O)(=O)N2CCC3(CC2)N=C(CCCCCCC(F)(F)F)NC3=O)c(C)c1. The number of carbonyl (C=O) groups is 2. The van der Waals surface area contributed by atoms with Crippen molar-refractivity contribution in [3.63, 3.8) is 0 Å². The first-order chi connectivity index (χ1) is 18.1. The van der Waals surface area contributed by atoms with E-state index in [0.29, 0.717) is 37.9 Å². The lowest BCUT2D eigenvalue weighted by Crippen LogP contribution is -2.50. The molecule has 39 heavy (non-hydrogen) atoms. The van der Waals surface area contributed by atoms with Gasteiger partial charge in [-0.15, -0.1) is 0 Å². The predicted molar refractivity (Wildman–Crippen MR) is 145 cm³/mol. The summed E-state index contributed by atoms with van der Waals surface area (Å²) in [5.41, 5.74) is 2.59. The Kier molecular flexibility index (Phi) is 9.85. The van der Waals surface area contributed by atoms with Crippen molar-refractivity contribution in [1.29, 1.82) is 0 Å². The number of halogens is 3. The molecule has 1 fully saturated rings. The van der Waals surface area contributed by atoms with Crippen molar-refractivity contribution in [3.8, 4) is 0 Å². The Labute approximate surface area is 229 Å². The standard InChI is InChI=1S/C27H39F3N4O4S/c1-19-17-22(33(4)21(3)35)18-20(2)23(19)10-16-39(37,38)34-14-12-26(13-15-34)25(36)31-24(32-26)9-7-5-6-8-11-27(28,29)30/h17-18H,5-16H2,1-4H3,(H,31,32,36). The van der Waals surface area contributed by atoms with Gasteiger partial charge < -0.3 is 10.2 Å². The van der Waals surface area contributed by atoms with Crippen LogP contribution in [0, 0.1) is 13.8 Å². The minimum Gasteiger partial charge on any atom is -0.316 e. The first kappa shape index (κ1) is 31.1. The second-order valence-electron chi connectivity index (χ2n) is 10.7. The molecule has 2 aliphatic heterocycles. The van der Waals surface area contributed by atoms with Crippen molar-refractivity contribution < 1.29 is 31.2 Å². The maximum atomic E-state index is 13.2. The molecule has 2 aliphatic rings. The van der Waals surface area contributed by atoms with E-state index in [2.05, 4.69) is 10.3 Å². The number of anilines is 1. The van der Waals surface area contributed by atoms with Crippen molar-refractivity contribution >= 4 is 33.4 Å². The maximum Gasteiger partial charge on any atom is 0.389 e. The Morgan fingerprint density at radius 1 is 1.08 bits per heavy atom. The van der Waals surface area contributed by atoms with Crippen molar-refractivity contribution in [2.24, 2.45) is 4.99 Å². The lowest BCUT2D eigenvalue weighted by molar-refractivity contribution is -0.135. The van der Waals surface area contributed by atoms with Crippen molar-refractivity contribution in [2.45, 2.75) is 90.3 Å². The van der Waals surface area contributed by atoms with Gasteiger partial charge in [0.05, 0.1) is 5.75 Å². The van der Waals surface area contributed by atoms with Crippen LogP contribution in [-0.4, -0.2) is 68.0 Å². The molecule has 0 radical (unpaired) electrons. The van der Waals surface area contributed by atoms with Crippen LogP contribution in [-0.2, 0) is 26.0 Å². The normalized spacial score (nSPS) is 17.8. The highest BCUT2D eigenvalue weighted by atomic mass is 32.2. The van der Waals surface area contributed by atoms with E-state index in [9.17, 15) is 31.2 Å². The van der Waals surface area contributed by atoms with Gasteiger partial charge in [0.2, 0.25) is 15.9 Å². The predicted octanol–water partition coefficient (Wildman–Crippen LogP) is 4.42. The summed E-state index contributed by atoms with van der Waals surface area (Å²) in [6.45, 7) is 5.71. The number of amidine groups is 1. The van der Waals surface area contributed by atoms with E-state index in [1.54, 1.807) is 11.9 Å². The topological polar surface area (TPSA) is 99.2 Å². The van der Waals surface area contributed by atoms with Gasteiger partial charge in [-0.1, -0.05) is 12.8 Å². The van der Waals surface area contributed by atoms with Gasteiger partial charge in [-0.2, -0.15) is 13.2 Å². The number of rotatable bonds is 11. The number of hydrogen-bond acceptors (Lipinski definition) is 5. The van der Waals surface area contributed by atoms with Crippen LogP contribution in [0.4, 0.5) is 18.9 Å². The largest absolute Gasteiger partial charge is 0.389 e. The molecule has 1 aromatic carbocycles. The Balaban J connectivity index is 1.52. The highest BCUT2D eigenvalue weighted by Gasteiger charge is 2.47. The lowest BCUT2D eigenvalue weighted by Gasteiger charge is -2.34. The van der Waals surface area contributed by atoms with E-state index < -0.39 is 28.2 Å². The summed E-state index contributed by atoms with van der Waals surface area (Å²) in [5.74, 6) is 0.170. The smallest absolute Gasteiger partial charge is 0.316 e. The van der Waals surface area contributed by atoms with Crippen LogP contribution in [0.2, 0.25) is 0 Å². The van der Waals surface area contributed by atoms with Crippen LogP contribution in [0.15, 0.2) is 17.1 Å². The molecule has 0 unspecified atom stereocenters. The number of unbranched alkanes of at least 4 members (excludes halogenated alkanes) is 3. The molecule has 12 heteroatoms. The van der Waals surface area contributed by atoms with Crippen molar-refractivity contribution in [1.82, 2.24) is 9.62 Å². The van der Waals surface area contributed by atoms with Crippen LogP contribution in [0.1, 0.15) is 75.0 Å². The third-order valence-electron chi connectivity index (χ3n) is 7.75. The molecule has 1 aromatic rings. The molecule has 8 nitrogen and oxygen atoms in total.